The van der Waals surface area contributed by atoms with Crippen LogP contribution in [0.15, 0.2) is 23.2 Å². The molecular weight excluding hydrogens is 354 g/mol. The second-order valence-corrected chi connectivity index (χ2v) is 8.70. The normalized spacial score (nSPS) is 29.6. The maximum absolute atomic E-state index is 11.2. The van der Waals surface area contributed by atoms with E-state index in [0.717, 1.165) is 50.4 Å². The fourth-order valence-electron chi connectivity index (χ4n) is 4.72. The number of nitrogens with zero attached hydrogens (tertiary/aromatic N) is 2. The Bertz CT molecular complexity index is 751. The molecule has 1 atom stereocenters. The molecule has 1 aromatic carbocycles. The summed E-state index contributed by atoms with van der Waals surface area (Å²) in [5, 5.41) is 0. The molecule has 6 heteroatoms. The third-order valence-corrected chi connectivity index (χ3v) is 6.76. The van der Waals surface area contributed by atoms with Gasteiger partial charge >= 0.3 is 0 Å². The van der Waals surface area contributed by atoms with Crippen molar-refractivity contribution in [1.82, 2.24) is 4.90 Å². The smallest absolute Gasteiger partial charge is 0.216 e. The van der Waals surface area contributed by atoms with Crippen molar-refractivity contribution in [2.75, 3.05) is 20.8 Å². The summed E-state index contributed by atoms with van der Waals surface area (Å²) in [5.41, 5.74) is 8.71. The van der Waals surface area contributed by atoms with Crippen molar-refractivity contribution in [1.29, 1.82) is 0 Å². The van der Waals surface area contributed by atoms with Gasteiger partial charge in [0.2, 0.25) is 6.41 Å². The summed E-state index contributed by atoms with van der Waals surface area (Å²) in [5.74, 6) is 1.90. The van der Waals surface area contributed by atoms with Crippen LogP contribution in [0.4, 0.5) is 0 Å². The minimum absolute atomic E-state index is 0.0425. The number of ether oxygens (including phenoxy) is 2. The quantitative estimate of drug-likeness (QED) is 0.464. The Kier molecular flexibility index (Phi) is 5.32. The van der Waals surface area contributed by atoms with Crippen molar-refractivity contribution in [2.24, 2.45) is 22.1 Å². The van der Waals surface area contributed by atoms with Crippen LogP contribution in [0.25, 0.3) is 0 Å². The average molecular weight is 386 g/mol. The zero-order valence-electron chi connectivity index (χ0n) is 16.9. The standard InChI is InChI=1S/C22H31N3O3/c1-25(14-26)21(23)24-20-19-11-18(28-13-15-3-4-15)6-5-16(19)12-22(20)9-7-17(27-2)8-10-22/h5-6,11,14-15,17,20H,3-4,7-10,12-13H2,1-2H3,(H2,23,24)/t17?,20-,22?/m1/s1. The number of hydrogen-bond donors (Lipinski definition) is 1. The zero-order valence-corrected chi connectivity index (χ0v) is 16.9. The van der Waals surface area contributed by atoms with E-state index in [4.69, 9.17) is 20.2 Å². The Labute approximate surface area is 167 Å². The lowest BCUT2D eigenvalue weighted by Crippen LogP contribution is -2.37. The number of hydrogen-bond acceptors (Lipinski definition) is 4. The lowest BCUT2D eigenvalue weighted by molar-refractivity contribution is -0.114. The van der Waals surface area contributed by atoms with Crippen molar-refractivity contribution in [3.8, 4) is 5.75 Å². The Morgan fingerprint density at radius 2 is 2.07 bits per heavy atom. The van der Waals surface area contributed by atoms with Crippen LogP contribution in [0.5, 0.6) is 5.75 Å². The number of amides is 1. The summed E-state index contributed by atoms with van der Waals surface area (Å²) < 4.78 is 11.6. The van der Waals surface area contributed by atoms with Crippen LogP contribution in [0.3, 0.4) is 0 Å². The topological polar surface area (TPSA) is 77.2 Å². The molecule has 0 bridgehead atoms. The van der Waals surface area contributed by atoms with Crippen molar-refractivity contribution in [3.05, 3.63) is 29.3 Å². The monoisotopic (exact) mass is 385 g/mol. The first kappa shape index (κ1) is 19.2. The summed E-state index contributed by atoms with van der Waals surface area (Å²) in [6.45, 7) is 0.795. The van der Waals surface area contributed by atoms with Crippen LogP contribution in [0.2, 0.25) is 0 Å². The third kappa shape index (κ3) is 3.75. The molecule has 4 rings (SSSR count). The molecule has 6 nitrogen and oxygen atoms in total. The number of rotatable bonds is 6. The van der Waals surface area contributed by atoms with E-state index in [1.54, 1.807) is 14.2 Å². The molecule has 2 fully saturated rings. The number of carbonyl (C=O) groups is 1. The second-order valence-electron chi connectivity index (χ2n) is 8.70. The van der Waals surface area contributed by atoms with Gasteiger partial charge in [-0.05, 0) is 74.1 Å². The highest BCUT2D eigenvalue weighted by Crippen LogP contribution is 2.56. The predicted molar refractivity (Wildman–Crippen MR) is 108 cm³/mol. The molecule has 0 saturated heterocycles. The summed E-state index contributed by atoms with van der Waals surface area (Å²) in [6.07, 6.45) is 8.73. The predicted octanol–water partition coefficient (Wildman–Crippen LogP) is 3.05. The molecule has 3 aliphatic rings. The number of guanidine groups is 1. The van der Waals surface area contributed by atoms with Gasteiger partial charge in [0.25, 0.3) is 0 Å². The molecule has 0 heterocycles. The highest BCUT2D eigenvalue weighted by atomic mass is 16.5. The van der Waals surface area contributed by atoms with Crippen LogP contribution in [0.1, 0.15) is 55.7 Å². The van der Waals surface area contributed by atoms with Crippen molar-refractivity contribution in [3.63, 3.8) is 0 Å². The van der Waals surface area contributed by atoms with E-state index in [2.05, 4.69) is 18.2 Å². The summed E-state index contributed by atoms with van der Waals surface area (Å²) in [6, 6.07) is 6.38. The van der Waals surface area contributed by atoms with Crippen LogP contribution in [-0.2, 0) is 16.0 Å². The second kappa shape index (κ2) is 7.74. The molecule has 28 heavy (non-hydrogen) atoms. The van der Waals surface area contributed by atoms with Gasteiger partial charge in [-0.25, -0.2) is 4.99 Å². The zero-order chi connectivity index (χ0) is 19.7. The fraction of sp³-hybridized carbons (Fsp3) is 0.636. The summed E-state index contributed by atoms with van der Waals surface area (Å²) in [4.78, 5) is 17.4. The number of carbonyl (C=O) groups excluding carboxylic acids is 1. The first-order valence-corrected chi connectivity index (χ1v) is 10.3. The largest absolute Gasteiger partial charge is 0.493 e. The minimum atomic E-state index is -0.0489. The van der Waals surface area contributed by atoms with Crippen LogP contribution in [0, 0.1) is 11.3 Å². The van der Waals surface area contributed by atoms with Gasteiger partial charge in [-0.1, -0.05) is 6.07 Å². The van der Waals surface area contributed by atoms with E-state index in [1.165, 1.54) is 28.9 Å². The average Bonchev–Trinajstić information content (AvgIpc) is 3.51. The maximum Gasteiger partial charge on any atom is 0.216 e. The third-order valence-electron chi connectivity index (χ3n) is 6.76. The van der Waals surface area contributed by atoms with E-state index >= 15 is 0 Å². The van der Waals surface area contributed by atoms with E-state index in [1.807, 2.05) is 0 Å². The highest BCUT2D eigenvalue weighted by molar-refractivity contribution is 5.87. The molecular formula is C22H31N3O3. The van der Waals surface area contributed by atoms with E-state index in [9.17, 15) is 4.79 Å². The first-order valence-electron chi connectivity index (χ1n) is 10.3. The molecule has 0 unspecified atom stereocenters. The molecule has 0 aromatic heterocycles. The molecule has 0 aliphatic heterocycles. The van der Waals surface area contributed by atoms with Crippen molar-refractivity contribution >= 4 is 12.4 Å². The lowest BCUT2D eigenvalue weighted by atomic mass is 9.68. The fourth-order valence-corrected chi connectivity index (χ4v) is 4.72. The van der Waals surface area contributed by atoms with Gasteiger partial charge in [0.1, 0.15) is 5.75 Å². The number of benzene rings is 1. The molecule has 3 aliphatic carbocycles. The lowest BCUT2D eigenvalue weighted by Gasteiger charge is -2.40. The van der Waals surface area contributed by atoms with Crippen LogP contribution in [-0.4, -0.2) is 44.1 Å². The molecule has 1 amide bonds. The van der Waals surface area contributed by atoms with E-state index < -0.39 is 0 Å². The van der Waals surface area contributed by atoms with Gasteiger partial charge in [0, 0.05) is 19.6 Å². The molecule has 2 N–H and O–H groups in total. The molecule has 0 radical (unpaired) electrons. The molecule has 2 saturated carbocycles. The van der Waals surface area contributed by atoms with Gasteiger partial charge in [-0.3, -0.25) is 9.69 Å². The van der Waals surface area contributed by atoms with Crippen LogP contribution < -0.4 is 10.5 Å². The Morgan fingerprint density at radius 1 is 1.32 bits per heavy atom. The highest BCUT2D eigenvalue weighted by Gasteiger charge is 2.48. The van der Waals surface area contributed by atoms with Crippen molar-refractivity contribution in [2.45, 2.75) is 57.1 Å². The summed E-state index contributed by atoms with van der Waals surface area (Å²) in [7, 11) is 3.44. The van der Waals surface area contributed by atoms with E-state index in [0.29, 0.717) is 12.5 Å². The van der Waals surface area contributed by atoms with Crippen molar-refractivity contribution < 1.29 is 14.3 Å². The number of methoxy groups -OCH3 is 1. The van der Waals surface area contributed by atoms with Gasteiger partial charge in [0.05, 0.1) is 18.8 Å². The Hall–Kier alpha value is -2.08. The maximum atomic E-state index is 11.2. The number of aliphatic imine (C=N–C) groups is 1. The molecule has 1 aromatic rings. The number of fused-ring (bicyclic) bond motifs is 1. The Balaban J connectivity index is 1.64. The molecule has 152 valence electrons. The Morgan fingerprint density at radius 3 is 2.71 bits per heavy atom. The van der Waals surface area contributed by atoms with Gasteiger partial charge in [-0.2, -0.15) is 0 Å². The van der Waals surface area contributed by atoms with E-state index in [-0.39, 0.29) is 17.4 Å². The number of nitrogens with two attached hydrogens (primary N) is 1. The minimum Gasteiger partial charge on any atom is -0.493 e. The SMILES string of the molecule is COC1CCC2(CC1)Cc1ccc(OCC3CC3)cc1[C@H]2N=C(N)N(C)C=O. The molecule has 1 spiro atoms. The van der Waals surface area contributed by atoms with Gasteiger partial charge < -0.3 is 15.2 Å². The van der Waals surface area contributed by atoms with Crippen LogP contribution >= 0.6 is 0 Å². The van der Waals surface area contributed by atoms with Gasteiger partial charge in [0.15, 0.2) is 5.96 Å². The summed E-state index contributed by atoms with van der Waals surface area (Å²) >= 11 is 0. The first-order chi connectivity index (χ1) is 13.5. The van der Waals surface area contributed by atoms with Gasteiger partial charge in [-0.15, -0.1) is 0 Å².